The lowest BCUT2D eigenvalue weighted by Gasteiger charge is -1.96. The maximum absolute atomic E-state index is 11.1. The Morgan fingerprint density at radius 3 is 2.73 bits per heavy atom. The predicted molar refractivity (Wildman–Crippen MR) is 57.1 cm³/mol. The summed E-state index contributed by atoms with van der Waals surface area (Å²) in [6, 6.07) is 0. The highest BCUT2D eigenvalue weighted by Crippen LogP contribution is 2.17. The van der Waals surface area contributed by atoms with Gasteiger partial charge < -0.3 is 4.74 Å². The van der Waals surface area contributed by atoms with Gasteiger partial charge in [-0.25, -0.2) is 0 Å². The molecule has 3 nitrogen and oxygen atoms in total. The Bertz CT molecular complexity index is 256. The molecule has 0 radical (unpaired) electrons. The van der Waals surface area contributed by atoms with Crippen LogP contribution in [-0.4, -0.2) is 11.9 Å². The second kappa shape index (κ2) is 6.38. The summed E-state index contributed by atoms with van der Waals surface area (Å²) >= 11 is 0. The summed E-state index contributed by atoms with van der Waals surface area (Å²) in [4.78, 5) is 21.8. The molecule has 0 N–H and O–H groups in total. The zero-order valence-electron chi connectivity index (χ0n) is 9.20. The molecule has 15 heavy (non-hydrogen) atoms. The molecule has 1 aliphatic heterocycles. The number of hydrogen-bond acceptors (Lipinski definition) is 3. The monoisotopic (exact) mass is 210 g/mol. The third kappa shape index (κ3) is 4.28. The van der Waals surface area contributed by atoms with Crippen molar-refractivity contribution in [3.05, 3.63) is 12.2 Å². The molecule has 0 bridgehead atoms. The number of cyclic esters (lactones) is 2. The Hall–Kier alpha value is -1.12. The molecule has 0 aliphatic carbocycles. The first-order valence-electron chi connectivity index (χ1n) is 5.65. The van der Waals surface area contributed by atoms with E-state index in [2.05, 4.69) is 11.7 Å². The highest BCUT2D eigenvalue weighted by Gasteiger charge is 2.30. The summed E-state index contributed by atoms with van der Waals surface area (Å²) in [6.07, 6.45) is 9.86. The van der Waals surface area contributed by atoms with E-state index >= 15 is 0 Å². The molecule has 1 atom stereocenters. The van der Waals surface area contributed by atoms with E-state index in [9.17, 15) is 9.59 Å². The minimum atomic E-state index is -0.402. The number of carbonyl (C=O) groups excluding carboxylic acids is 2. The minimum absolute atomic E-state index is 0.213. The molecule has 0 saturated carbocycles. The lowest BCUT2D eigenvalue weighted by atomic mass is 10.1. The second-order valence-corrected chi connectivity index (χ2v) is 3.88. The molecule has 0 spiro atoms. The molecule has 0 aromatic heterocycles. The van der Waals surface area contributed by atoms with Crippen LogP contribution in [0.3, 0.4) is 0 Å². The van der Waals surface area contributed by atoms with E-state index in [-0.39, 0.29) is 12.3 Å². The van der Waals surface area contributed by atoms with Crippen LogP contribution in [0.1, 0.15) is 45.4 Å². The van der Waals surface area contributed by atoms with Gasteiger partial charge in [-0.3, -0.25) is 9.59 Å². The van der Waals surface area contributed by atoms with Crippen LogP contribution in [0.25, 0.3) is 0 Å². The molecule has 3 heteroatoms. The van der Waals surface area contributed by atoms with E-state index in [0.29, 0.717) is 0 Å². The molecule has 0 aromatic rings. The SMILES string of the molecule is CCCCCC/C=C/[C@@H]1CC(=O)OC1=O. The lowest BCUT2D eigenvalue weighted by Crippen LogP contribution is -2.03. The number of hydrogen-bond donors (Lipinski definition) is 0. The van der Waals surface area contributed by atoms with Crippen molar-refractivity contribution in [2.75, 3.05) is 0 Å². The largest absolute Gasteiger partial charge is 0.393 e. The zero-order chi connectivity index (χ0) is 11.1. The lowest BCUT2D eigenvalue weighted by molar-refractivity contribution is -0.152. The van der Waals surface area contributed by atoms with Crippen molar-refractivity contribution in [2.45, 2.75) is 45.4 Å². The van der Waals surface area contributed by atoms with Gasteiger partial charge in [-0.1, -0.05) is 38.3 Å². The van der Waals surface area contributed by atoms with Gasteiger partial charge in [0.1, 0.15) is 0 Å². The zero-order valence-corrected chi connectivity index (χ0v) is 9.20. The third-order valence-electron chi connectivity index (χ3n) is 2.50. The molecule has 1 rings (SSSR count). The van der Waals surface area contributed by atoms with Gasteiger partial charge in [0.05, 0.1) is 12.3 Å². The predicted octanol–water partition coefficient (Wildman–Crippen LogP) is 2.60. The number of ether oxygens (including phenoxy) is 1. The van der Waals surface area contributed by atoms with Crippen LogP contribution in [0.5, 0.6) is 0 Å². The Balaban J connectivity index is 2.15. The highest BCUT2D eigenvalue weighted by atomic mass is 16.6. The Kier molecular flexibility index (Phi) is 5.08. The first-order chi connectivity index (χ1) is 7.24. The van der Waals surface area contributed by atoms with Gasteiger partial charge in [0.25, 0.3) is 0 Å². The minimum Gasteiger partial charge on any atom is -0.393 e. The number of unbranched alkanes of at least 4 members (excludes halogenated alkanes) is 4. The van der Waals surface area contributed by atoms with Crippen LogP contribution >= 0.6 is 0 Å². The van der Waals surface area contributed by atoms with E-state index in [1.165, 1.54) is 19.3 Å². The normalized spacial score (nSPS) is 21.3. The summed E-state index contributed by atoms with van der Waals surface area (Å²) in [5.41, 5.74) is 0. The number of allylic oxidation sites excluding steroid dienone is 1. The van der Waals surface area contributed by atoms with Crippen LogP contribution in [0.15, 0.2) is 12.2 Å². The van der Waals surface area contributed by atoms with Crippen molar-refractivity contribution in [3.63, 3.8) is 0 Å². The van der Waals surface area contributed by atoms with Crippen LogP contribution in [0.4, 0.5) is 0 Å². The third-order valence-corrected chi connectivity index (χ3v) is 2.50. The smallest absolute Gasteiger partial charge is 0.321 e. The average molecular weight is 210 g/mol. The van der Waals surface area contributed by atoms with Gasteiger partial charge in [0.15, 0.2) is 0 Å². The van der Waals surface area contributed by atoms with Crippen molar-refractivity contribution in [1.29, 1.82) is 0 Å². The number of esters is 2. The summed E-state index contributed by atoms with van der Waals surface area (Å²) in [5.74, 6) is -1.13. The van der Waals surface area contributed by atoms with Crippen molar-refractivity contribution in [3.8, 4) is 0 Å². The van der Waals surface area contributed by atoms with E-state index in [0.717, 1.165) is 12.8 Å². The van der Waals surface area contributed by atoms with Gasteiger partial charge in [-0.15, -0.1) is 0 Å². The molecule has 1 aliphatic rings. The molecule has 1 saturated heterocycles. The summed E-state index contributed by atoms with van der Waals surface area (Å²) < 4.78 is 4.44. The van der Waals surface area contributed by atoms with Crippen LogP contribution in [-0.2, 0) is 14.3 Å². The molecule has 0 unspecified atom stereocenters. The summed E-state index contributed by atoms with van der Waals surface area (Å²) in [7, 11) is 0. The molecular formula is C12H18O3. The molecular weight excluding hydrogens is 192 g/mol. The molecule has 1 heterocycles. The van der Waals surface area contributed by atoms with Gasteiger partial charge in [0, 0.05) is 0 Å². The van der Waals surface area contributed by atoms with Crippen LogP contribution < -0.4 is 0 Å². The van der Waals surface area contributed by atoms with E-state index in [4.69, 9.17) is 0 Å². The van der Waals surface area contributed by atoms with Gasteiger partial charge >= 0.3 is 11.9 Å². The van der Waals surface area contributed by atoms with Crippen LogP contribution in [0.2, 0.25) is 0 Å². The Morgan fingerprint density at radius 1 is 1.33 bits per heavy atom. The highest BCUT2D eigenvalue weighted by molar-refractivity contribution is 5.95. The fourth-order valence-corrected chi connectivity index (χ4v) is 1.59. The quantitative estimate of drug-likeness (QED) is 0.293. The maximum Gasteiger partial charge on any atom is 0.321 e. The van der Waals surface area contributed by atoms with E-state index in [1.807, 2.05) is 6.08 Å². The van der Waals surface area contributed by atoms with Gasteiger partial charge in [-0.2, -0.15) is 0 Å². The Labute approximate surface area is 90.5 Å². The van der Waals surface area contributed by atoms with Crippen LogP contribution in [0, 0.1) is 5.92 Å². The number of rotatable bonds is 6. The topological polar surface area (TPSA) is 43.4 Å². The second-order valence-electron chi connectivity index (χ2n) is 3.88. The molecule has 84 valence electrons. The van der Waals surface area contributed by atoms with Gasteiger partial charge in [0.2, 0.25) is 0 Å². The van der Waals surface area contributed by atoms with Gasteiger partial charge in [-0.05, 0) is 12.8 Å². The molecule has 0 amide bonds. The fraction of sp³-hybridized carbons (Fsp3) is 0.667. The molecule has 0 aromatic carbocycles. The van der Waals surface area contributed by atoms with Crippen molar-refractivity contribution < 1.29 is 14.3 Å². The Morgan fingerprint density at radius 2 is 2.13 bits per heavy atom. The van der Waals surface area contributed by atoms with Crippen molar-refractivity contribution in [1.82, 2.24) is 0 Å². The van der Waals surface area contributed by atoms with E-state index in [1.54, 1.807) is 6.08 Å². The van der Waals surface area contributed by atoms with E-state index < -0.39 is 11.9 Å². The first-order valence-corrected chi connectivity index (χ1v) is 5.65. The standard InChI is InChI=1S/C12H18O3/c1-2-3-4-5-6-7-8-10-9-11(13)15-12(10)14/h7-8,10H,2-6,9H2,1H3/b8-7+/t10-/m1/s1. The average Bonchev–Trinajstić information content (AvgIpc) is 2.51. The maximum atomic E-state index is 11.1. The first kappa shape index (κ1) is 12.0. The summed E-state index contributed by atoms with van der Waals surface area (Å²) in [5, 5.41) is 0. The number of carbonyl (C=O) groups is 2. The van der Waals surface area contributed by atoms with Crippen molar-refractivity contribution >= 4 is 11.9 Å². The molecule has 1 fully saturated rings. The fourth-order valence-electron chi connectivity index (χ4n) is 1.59. The van der Waals surface area contributed by atoms with Crippen molar-refractivity contribution in [2.24, 2.45) is 5.92 Å². The summed E-state index contributed by atoms with van der Waals surface area (Å²) in [6.45, 7) is 2.18.